The Balaban J connectivity index is 0.00000450. The highest BCUT2D eigenvalue weighted by molar-refractivity contribution is 14.0. The van der Waals surface area contributed by atoms with Gasteiger partial charge < -0.3 is 20.7 Å². The molecule has 1 amide bonds. The summed E-state index contributed by atoms with van der Waals surface area (Å²) in [7, 11) is 1.63. The van der Waals surface area contributed by atoms with Gasteiger partial charge in [-0.1, -0.05) is 24.3 Å². The van der Waals surface area contributed by atoms with Crippen LogP contribution in [0.2, 0.25) is 0 Å². The van der Waals surface area contributed by atoms with Crippen LogP contribution in [0, 0.1) is 6.92 Å². The van der Waals surface area contributed by atoms with Crippen LogP contribution in [0.15, 0.2) is 47.5 Å². The molecule has 0 aliphatic carbocycles. The maximum absolute atomic E-state index is 11.8. The number of halogens is 1. The molecule has 2 rings (SSSR count). The van der Waals surface area contributed by atoms with Crippen molar-refractivity contribution in [2.75, 3.05) is 13.6 Å². The van der Waals surface area contributed by atoms with E-state index >= 15 is 0 Å². The Bertz CT molecular complexity index is 853. The first-order valence-corrected chi connectivity index (χ1v) is 10.0. The molecule has 0 radical (unpaired) electrons. The van der Waals surface area contributed by atoms with Crippen LogP contribution in [-0.2, 0) is 13.1 Å². The highest BCUT2D eigenvalue weighted by atomic mass is 127. The number of benzene rings is 2. The molecule has 0 saturated heterocycles. The van der Waals surface area contributed by atoms with Gasteiger partial charge in [0.15, 0.2) is 5.96 Å². The Morgan fingerprint density at radius 1 is 1.13 bits per heavy atom. The van der Waals surface area contributed by atoms with E-state index in [1.165, 1.54) is 5.56 Å². The molecule has 3 N–H and O–H groups in total. The average molecular weight is 524 g/mol. The molecule has 2 aromatic carbocycles. The van der Waals surface area contributed by atoms with Crippen LogP contribution in [0.3, 0.4) is 0 Å². The Kier molecular flexibility index (Phi) is 11.2. The summed E-state index contributed by atoms with van der Waals surface area (Å²) in [4.78, 5) is 16.5. The molecule has 0 unspecified atom stereocenters. The number of carbonyl (C=O) groups excluding carboxylic acids is 1. The van der Waals surface area contributed by atoms with Gasteiger partial charge in [-0.3, -0.25) is 4.79 Å². The summed E-state index contributed by atoms with van der Waals surface area (Å²) in [5, 5.41) is 9.27. The van der Waals surface area contributed by atoms with Gasteiger partial charge in [0.1, 0.15) is 5.75 Å². The van der Waals surface area contributed by atoms with Crippen molar-refractivity contribution in [1.29, 1.82) is 0 Å². The zero-order chi connectivity index (χ0) is 21.2. The number of hydrogen-bond acceptors (Lipinski definition) is 3. The van der Waals surface area contributed by atoms with E-state index in [1.54, 1.807) is 13.1 Å². The number of nitrogens with zero attached hydrogens (tertiary/aromatic N) is 1. The van der Waals surface area contributed by atoms with Crippen molar-refractivity contribution in [2.45, 2.75) is 46.9 Å². The number of aliphatic imine (C=N–C) groups is 1. The maximum atomic E-state index is 11.8. The van der Waals surface area contributed by atoms with Crippen molar-refractivity contribution in [3.63, 3.8) is 0 Å². The second-order valence-electron chi connectivity index (χ2n) is 7.11. The molecule has 0 heterocycles. The van der Waals surface area contributed by atoms with Gasteiger partial charge in [0.25, 0.3) is 5.91 Å². The van der Waals surface area contributed by atoms with Crippen molar-refractivity contribution in [1.82, 2.24) is 16.0 Å². The number of nitrogens with one attached hydrogen (secondary N) is 3. The number of guanidine groups is 1. The zero-order valence-electron chi connectivity index (χ0n) is 18.4. The van der Waals surface area contributed by atoms with Crippen molar-refractivity contribution in [2.24, 2.45) is 4.99 Å². The predicted octanol–water partition coefficient (Wildman–Crippen LogP) is 4.02. The molecule has 0 fully saturated rings. The lowest BCUT2D eigenvalue weighted by atomic mass is 10.1. The molecule has 2 aromatic rings. The highest BCUT2D eigenvalue weighted by Gasteiger charge is 2.08. The second-order valence-corrected chi connectivity index (χ2v) is 7.11. The van der Waals surface area contributed by atoms with Crippen LogP contribution in [0.5, 0.6) is 5.75 Å². The monoisotopic (exact) mass is 524 g/mol. The summed E-state index contributed by atoms with van der Waals surface area (Å²) in [6.45, 7) is 9.98. The summed E-state index contributed by atoms with van der Waals surface area (Å²) in [6, 6.07) is 13.7. The van der Waals surface area contributed by atoms with Gasteiger partial charge >= 0.3 is 0 Å². The van der Waals surface area contributed by atoms with Gasteiger partial charge in [0.2, 0.25) is 0 Å². The molecule has 0 atom stereocenters. The van der Waals surface area contributed by atoms with Crippen molar-refractivity contribution in [3.05, 3.63) is 64.7 Å². The third kappa shape index (κ3) is 8.22. The Labute approximate surface area is 196 Å². The third-order valence-electron chi connectivity index (χ3n) is 4.21. The first-order chi connectivity index (χ1) is 13.9. The molecule has 164 valence electrons. The number of ether oxygens (including phenoxy) is 1. The molecule has 7 heteroatoms. The topological polar surface area (TPSA) is 74.8 Å². The van der Waals surface area contributed by atoms with Gasteiger partial charge in [-0.25, -0.2) is 4.99 Å². The molecule has 0 bridgehead atoms. The SMILES string of the molecule is CCNC(=NCc1cccc(C(=O)NC)c1)NCc1ccc(C)cc1OC(C)C.I. The minimum absolute atomic E-state index is 0. The Hall–Kier alpha value is -2.29. The van der Waals surface area contributed by atoms with Crippen LogP contribution < -0.4 is 20.7 Å². The summed E-state index contributed by atoms with van der Waals surface area (Å²) in [5.41, 5.74) is 3.85. The van der Waals surface area contributed by atoms with E-state index in [2.05, 4.69) is 46.1 Å². The minimum Gasteiger partial charge on any atom is -0.491 e. The average Bonchev–Trinajstić information content (AvgIpc) is 2.70. The predicted molar refractivity (Wildman–Crippen MR) is 134 cm³/mol. The minimum atomic E-state index is -0.0992. The summed E-state index contributed by atoms with van der Waals surface area (Å²) in [6.07, 6.45) is 0.116. The van der Waals surface area contributed by atoms with Crippen LogP contribution in [0.1, 0.15) is 47.8 Å². The van der Waals surface area contributed by atoms with Gasteiger partial charge in [-0.2, -0.15) is 0 Å². The van der Waals surface area contributed by atoms with Crippen LogP contribution in [0.4, 0.5) is 0 Å². The molecular formula is C23H33IN4O2. The molecular weight excluding hydrogens is 491 g/mol. The fourth-order valence-electron chi connectivity index (χ4n) is 2.82. The van der Waals surface area contributed by atoms with Crippen LogP contribution in [0.25, 0.3) is 0 Å². The number of hydrogen-bond donors (Lipinski definition) is 3. The van der Waals surface area contributed by atoms with Crippen molar-refractivity contribution < 1.29 is 9.53 Å². The van der Waals surface area contributed by atoms with Gasteiger partial charge in [-0.15, -0.1) is 24.0 Å². The lowest BCUT2D eigenvalue weighted by molar-refractivity contribution is 0.0963. The largest absolute Gasteiger partial charge is 0.491 e. The summed E-state index contributed by atoms with van der Waals surface area (Å²) < 4.78 is 5.96. The maximum Gasteiger partial charge on any atom is 0.251 e. The molecule has 0 aromatic heterocycles. The first kappa shape index (κ1) is 25.7. The fraction of sp³-hybridized carbons (Fsp3) is 0.391. The molecule has 30 heavy (non-hydrogen) atoms. The fourth-order valence-corrected chi connectivity index (χ4v) is 2.82. The third-order valence-corrected chi connectivity index (χ3v) is 4.21. The van der Waals surface area contributed by atoms with Crippen LogP contribution >= 0.6 is 24.0 Å². The molecule has 0 aliphatic heterocycles. The van der Waals surface area contributed by atoms with Gasteiger partial charge in [0, 0.05) is 31.3 Å². The number of amides is 1. The van der Waals surface area contributed by atoms with E-state index in [0.29, 0.717) is 24.6 Å². The van der Waals surface area contributed by atoms with Crippen LogP contribution in [-0.4, -0.2) is 31.6 Å². The first-order valence-electron chi connectivity index (χ1n) is 10.0. The van der Waals surface area contributed by atoms with E-state index in [9.17, 15) is 4.79 Å². The Morgan fingerprint density at radius 3 is 2.57 bits per heavy atom. The van der Waals surface area contributed by atoms with E-state index in [0.717, 1.165) is 23.4 Å². The van der Waals surface area contributed by atoms with E-state index < -0.39 is 0 Å². The normalized spacial score (nSPS) is 10.9. The number of aryl methyl sites for hydroxylation is 1. The highest BCUT2D eigenvalue weighted by Crippen LogP contribution is 2.21. The second kappa shape index (κ2) is 13.1. The standard InChI is InChI=1S/C23H32N4O2.HI/c1-6-25-23(26-14-18-8-7-9-19(13-18)22(28)24-5)27-15-20-11-10-17(4)12-21(20)29-16(2)3;/h7-13,16H,6,14-15H2,1-5H3,(H,24,28)(H2,25,26,27);1H. The summed E-state index contributed by atoms with van der Waals surface area (Å²) >= 11 is 0. The lowest BCUT2D eigenvalue weighted by Crippen LogP contribution is -2.37. The van der Waals surface area contributed by atoms with Gasteiger partial charge in [0.05, 0.1) is 12.6 Å². The molecule has 0 spiro atoms. The number of rotatable bonds is 8. The van der Waals surface area contributed by atoms with Crippen molar-refractivity contribution >= 4 is 35.8 Å². The Morgan fingerprint density at radius 2 is 1.90 bits per heavy atom. The molecule has 0 saturated carbocycles. The lowest BCUT2D eigenvalue weighted by Gasteiger charge is -2.17. The van der Waals surface area contributed by atoms with Gasteiger partial charge in [-0.05, 0) is 57.0 Å². The van der Waals surface area contributed by atoms with E-state index in [1.807, 2.05) is 39.0 Å². The van der Waals surface area contributed by atoms with E-state index in [4.69, 9.17) is 4.74 Å². The van der Waals surface area contributed by atoms with E-state index in [-0.39, 0.29) is 36.0 Å². The molecule has 6 nitrogen and oxygen atoms in total. The quantitative estimate of drug-likeness (QED) is 0.277. The molecule has 0 aliphatic rings. The van der Waals surface area contributed by atoms with Crippen molar-refractivity contribution in [3.8, 4) is 5.75 Å². The summed E-state index contributed by atoms with van der Waals surface area (Å²) in [5.74, 6) is 1.51. The zero-order valence-corrected chi connectivity index (χ0v) is 20.7. The number of carbonyl (C=O) groups is 1. The smallest absolute Gasteiger partial charge is 0.251 e.